The minimum absolute atomic E-state index is 0.213. The lowest BCUT2D eigenvalue weighted by atomic mass is 9.84. The van der Waals surface area contributed by atoms with Crippen LogP contribution in [0.1, 0.15) is 26.3 Å². The zero-order chi connectivity index (χ0) is 20.0. The lowest BCUT2D eigenvalue weighted by Gasteiger charge is -2.23. The average molecular weight is 379 g/mol. The van der Waals surface area contributed by atoms with Crippen molar-refractivity contribution >= 4 is 5.97 Å². The third-order valence-electron chi connectivity index (χ3n) is 4.64. The molecule has 0 bridgehead atoms. The van der Waals surface area contributed by atoms with Gasteiger partial charge in [-0.2, -0.15) is 0 Å². The Balaban J connectivity index is 1.63. The van der Waals surface area contributed by atoms with Crippen LogP contribution in [0.3, 0.4) is 0 Å². The van der Waals surface area contributed by atoms with Crippen LogP contribution in [-0.4, -0.2) is 34.2 Å². The highest BCUT2D eigenvalue weighted by Gasteiger charge is 2.31. The first kappa shape index (κ1) is 19.6. The zero-order valence-electron chi connectivity index (χ0n) is 16.5. The van der Waals surface area contributed by atoms with E-state index in [1.165, 1.54) is 0 Å². The molecular weight excluding hydrogens is 354 g/mol. The van der Waals surface area contributed by atoms with Crippen LogP contribution in [0.25, 0.3) is 11.1 Å². The average Bonchev–Trinajstić information content (AvgIpc) is 3.22. The summed E-state index contributed by atoms with van der Waals surface area (Å²) in [6, 6.07) is 16.0. The van der Waals surface area contributed by atoms with Gasteiger partial charge in [-0.25, -0.2) is 4.68 Å². The molecule has 6 nitrogen and oxygen atoms in total. The Hall–Kier alpha value is -3.15. The summed E-state index contributed by atoms with van der Waals surface area (Å²) in [7, 11) is 0. The van der Waals surface area contributed by atoms with Crippen LogP contribution in [0.15, 0.2) is 60.9 Å². The van der Waals surface area contributed by atoms with Crippen LogP contribution < -0.4 is 4.74 Å². The summed E-state index contributed by atoms with van der Waals surface area (Å²) < 4.78 is 12.7. The van der Waals surface area contributed by atoms with E-state index in [1.54, 1.807) is 17.1 Å². The predicted octanol–water partition coefficient (Wildman–Crippen LogP) is 3.86. The molecule has 0 atom stereocenters. The van der Waals surface area contributed by atoms with Crippen LogP contribution in [0.2, 0.25) is 0 Å². The second-order valence-corrected chi connectivity index (χ2v) is 6.96. The summed E-state index contributed by atoms with van der Waals surface area (Å²) in [5.74, 6) is 0.596. The number of esters is 1. The fraction of sp³-hybridized carbons (Fsp3) is 0.318. The van der Waals surface area contributed by atoms with E-state index in [4.69, 9.17) is 9.47 Å². The molecule has 0 spiro atoms. The number of carbonyl (C=O) groups excluding carboxylic acids is 1. The van der Waals surface area contributed by atoms with Gasteiger partial charge in [0.25, 0.3) is 0 Å². The fourth-order valence-corrected chi connectivity index (χ4v) is 2.86. The minimum atomic E-state index is -0.670. The predicted molar refractivity (Wildman–Crippen MR) is 107 cm³/mol. The molecule has 0 unspecified atom stereocenters. The van der Waals surface area contributed by atoms with Gasteiger partial charge in [-0.05, 0) is 49.6 Å². The van der Waals surface area contributed by atoms with Crippen molar-refractivity contribution in [1.82, 2.24) is 15.0 Å². The van der Waals surface area contributed by atoms with Gasteiger partial charge in [-0.1, -0.05) is 41.6 Å². The number of carbonyl (C=O) groups is 1. The normalized spacial score (nSPS) is 11.2. The van der Waals surface area contributed by atoms with Gasteiger partial charge in [0, 0.05) is 6.20 Å². The molecule has 3 rings (SSSR count). The van der Waals surface area contributed by atoms with Gasteiger partial charge in [0.2, 0.25) is 0 Å². The first-order chi connectivity index (χ1) is 13.5. The molecule has 146 valence electrons. The van der Waals surface area contributed by atoms with Crippen molar-refractivity contribution in [2.45, 2.75) is 32.7 Å². The molecule has 2 aromatic carbocycles. The van der Waals surface area contributed by atoms with Crippen LogP contribution in [0.4, 0.5) is 0 Å². The second-order valence-electron chi connectivity index (χ2n) is 6.96. The number of nitrogens with zero attached hydrogens (tertiary/aromatic N) is 3. The monoisotopic (exact) mass is 379 g/mol. The van der Waals surface area contributed by atoms with Crippen molar-refractivity contribution in [2.24, 2.45) is 0 Å². The lowest BCUT2D eigenvalue weighted by molar-refractivity contribution is -0.148. The number of hydrogen-bond donors (Lipinski definition) is 0. The van der Waals surface area contributed by atoms with E-state index in [-0.39, 0.29) is 5.97 Å². The molecule has 28 heavy (non-hydrogen) atoms. The molecule has 0 fully saturated rings. The molecule has 6 heteroatoms. The number of benzene rings is 2. The Morgan fingerprint density at radius 1 is 1.04 bits per heavy atom. The van der Waals surface area contributed by atoms with Gasteiger partial charge in [0.15, 0.2) is 0 Å². The smallest absolute Gasteiger partial charge is 0.315 e. The number of hydrogen-bond acceptors (Lipinski definition) is 5. The van der Waals surface area contributed by atoms with Crippen molar-refractivity contribution in [3.05, 3.63) is 66.5 Å². The quantitative estimate of drug-likeness (QED) is 0.556. The molecule has 0 aliphatic carbocycles. The Bertz CT molecular complexity index is 886. The van der Waals surface area contributed by atoms with Crippen LogP contribution >= 0.6 is 0 Å². The molecule has 0 aliphatic heterocycles. The SMILES string of the molecule is CCOC(=O)C(C)(C)c1ccc(-c2ccc(OCCn3ccnn3)cc2)cc1. The Labute approximate surface area is 165 Å². The summed E-state index contributed by atoms with van der Waals surface area (Å²) >= 11 is 0. The van der Waals surface area contributed by atoms with E-state index in [9.17, 15) is 4.79 Å². The molecule has 1 heterocycles. The van der Waals surface area contributed by atoms with Gasteiger partial charge < -0.3 is 9.47 Å². The van der Waals surface area contributed by atoms with Gasteiger partial charge in [-0.15, -0.1) is 5.10 Å². The highest BCUT2D eigenvalue weighted by atomic mass is 16.5. The molecule has 0 N–H and O–H groups in total. The maximum absolute atomic E-state index is 12.2. The highest BCUT2D eigenvalue weighted by molar-refractivity contribution is 5.82. The molecular formula is C22H25N3O3. The van der Waals surface area contributed by atoms with E-state index < -0.39 is 5.41 Å². The van der Waals surface area contributed by atoms with E-state index in [2.05, 4.69) is 10.3 Å². The Morgan fingerprint density at radius 2 is 1.68 bits per heavy atom. The largest absolute Gasteiger partial charge is 0.492 e. The molecule has 0 radical (unpaired) electrons. The van der Waals surface area contributed by atoms with Crippen LogP contribution in [0, 0.1) is 0 Å². The van der Waals surface area contributed by atoms with Crippen molar-refractivity contribution in [3.63, 3.8) is 0 Å². The second kappa shape index (κ2) is 8.69. The first-order valence-corrected chi connectivity index (χ1v) is 9.36. The molecule has 0 saturated heterocycles. The fourth-order valence-electron chi connectivity index (χ4n) is 2.86. The lowest BCUT2D eigenvalue weighted by Crippen LogP contribution is -2.31. The summed E-state index contributed by atoms with van der Waals surface area (Å²) in [5.41, 5.74) is 2.43. The van der Waals surface area contributed by atoms with Crippen molar-refractivity contribution in [2.75, 3.05) is 13.2 Å². The van der Waals surface area contributed by atoms with Gasteiger partial charge in [0.1, 0.15) is 12.4 Å². The molecule has 1 aromatic heterocycles. The first-order valence-electron chi connectivity index (χ1n) is 9.36. The maximum atomic E-state index is 12.2. The van der Waals surface area contributed by atoms with Gasteiger partial charge in [-0.3, -0.25) is 4.79 Å². The molecule has 0 amide bonds. The van der Waals surface area contributed by atoms with Gasteiger partial charge >= 0.3 is 5.97 Å². The third kappa shape index (κ3) is 4.57. The van der Waals surface area contributed by atoms with Crippen LogP contribution in [-0.2, 0) is 21.5 Å². The third-order valence-corrected chi connectivity index (χ3v) is 4.64. The number of rotatable bonds is 8. The van der Waals surface area contributed by atoms with E-state index >= 15 is 0 Å². The number of aromatic nitrogens is 3. The summed E-state index contributed by atoms with van der Waals surface area (Å²) in [4.78, 5) is 12.2. The Kier molecular flexibility index (Phi) is 6.09. The summed E-state index contributed by atoms with van der Waals surface area (Å²) in [6.07, 6.45) is 3.45. The summed E-state index contributed by atoms with van der Waals surface area (Å²) in [6.45, 7) is 7.14. The van der Waals surface area contributed by atoms with Crippen LogP contribution in [0.5, 0.6) is 5.75 Å². The van der Waals surface area contributed by atoms with Gasteiger partial charge in [0.05, 0.1) is 24.8 Å². The van der Waals surface area contributed by atoms with E-state index in [1.807, 2.05) is 69.3 Å². The molecule has 0 saturated carbocycles. The van der Waals surface area contributed by atoms with E-state index in [0.717, 1.165) is 22.4 Å². The van der Waals surface area contributed by atoms with Crippen molar-refractivity contribution in [3.8, 4) is 16.9 Å². The topological polar surface area (TPSA) is 66.2 Å². The Morgan fingerprint density at radius 3 is 2.25 bits per heavy atom. The maximum Gasteiger partial charge on any atom is 0.315 e. The van der Waals surface area contributed by atoms with Crippen molar-refractivity contribution < 1.29 is 14.3 Å². The highest BCUT2D eigenvalue weighted by Crippen LogP contribution is 2.28. The molecule has 3 aromatic rings. The van der Waals surface area contributed by atoms with Crippen molar-refractivity contribution in [1.29, 1.82) is 0 Å². The van der Waals surface area contributed by atoms with E-state index in [0.29, 0.717) is 19.8 Å². The summed E-state index contributed by atoms with van der Waals surface area (Å²) in [5, 5.41) is 7.67. The number of ether oxygens (including phenoxy) is 2. The molecule has 0 aliphatic rings. The zero-order valence-corrected chi connectivity index (χ0v) is 16.5. The minimum Gasteiger partial charge on any atom is -0.492 e. The standard InChI is InChI=1S/C22H25N3O3/c1-4-27-21(26)22(2,3)19-9-5-17(6-10-19)18-7-11-20(12-8-18)28-16-15-25-14-13-23-24-25/h5-14H,4,15-16H2,1-3H3.